The molecular formula is C11H17ClN2. The molecule has 78 valence electrons. The molecule has 0 bridgehead atoms. The summed E-state index contributed by atoms with van der Waals surface area (Å²) < 4.78 is 0. The van der Waals surface area contributed by atoms with Crippen LogP contribution in [0.4, 0.5) is 5.82 Å². The molecule has 0 aliphatic rings. The van der Waals surface area contributed by atoms with Gasteiger partial charge in [0.05, 0.1) is 5.38 Å². The Morgan fingerprint density at radius 2 is 2.21 bits per heavy atom. The van der Waals surface area contributed by atoms with Gasteiger partial charge in [0.2, 0.25) is 0 Å². The molecule has 1 unspecified atom stereocenters. The lowest BCUT2D eigenvalue weighted by Gasteiger charge is -2.14. The second kappa shape index (κ2) is 5.20. The van der Waals surface area contributed by atoms with Crippen molar-refractivity contribution in [2.75, 3.05) is 11.9 Å². The molecule has 0 aliphatic carbocycles. The number of nitrogens with one attached hydrogen (secondary N) is 1. The van der Waals surface area contributed by atoms with Crippen LogP contribution in [0.1, 0.15) is 19.4 Å². The first-order chi connectivity index (χ1) is 6.59. The number of aromatic nitrogens is 1. The van der Waals surface area contributed by atoms with Crippen LogP contribution in [0.5, 0.6) is 0 Å². The third-order valence-electron chi connectivity index (χ3n) is 2.12. The molecule has 0 aliphatic heterocycles. The topological polar surface area (TPSA) is 24.9 Å². The summed E-state index contributed by atoms with van der Waals surface area (Å²) in [6.45, 7) is 7.04. The van der Waals surface area contributed by atoms with Gasteiger partial charge in [0, 0.05) is 12.7 Å². The minimum absolute atomic E-state index is 0.150. The van der Waals surface area contributed by atoms with Crippen LogP contribution in [-0.4, -0.2) is 16.9 Å². The van der Waals surface area contributed by atoms with E-state index in [4.69, 9.17) is 11.6 Å². The maximum absolute atomic E-state index is 6.12. The molecule has 1 aromatic rings. The average molecular weight is 213 g/mol. The van der Waals surface area contributed by atoms with E-state index in [0.717, 1.165) is 12.4 Å². The zero-order valence-corrected chi connectivity index (χ0v) is 9.67. The molecule has 1 aromatic heterocycles. The Hall–Kier alpha value is -0.760. The Morgan fingerprint density at radius 3 is 2.79 bits per heavy atom. The third-order valence-corrected chi connectivity index (χ3v) is 2.78. The molecule has 1 rings (SSSR count). The second-order valence-corrected chi connectivity index (χ2v) is 4.42. The van der Waals surface area contributed by atoms with Crippen molar-refractivity contribution < 1.29 is 0 Å². The summed E-state index contributed by atoms with van der Waals surface area (Å²) in [5, 5.41) is 3.37. The highest BCUT2D eigenvalue weighted by molar-refractivity contribution is 6.21. The average Bonchev–Trinajstić information content (AvgIpc) is 2.14. The maximum atomic E-state index is 6.12. The van der Waals surface area contributed by atoms with Crippen molar-refractivity contribution in [1.29, 1.82) is 0 Å². The number of rotatable bonds is 4. The lowest BCUT2D eigenvalue weighted by molar-refractivity contribution is 0.615. The van der Waals surface area contributed by atoms with Gasteiger partial charge in [-0.25, -0.2) is 4.98 Å². The molecule has 1 heterocycles. The van der Waals surface area contributed by atoms with Crippen molar-refractivity contribution in [2.24, 2.45) is 5.92 Å². The summed E-state index contributed by atoms with van der Waals surface area (Å²) in [6.07, 6.45) is 1.80. The standard InChI is InChI=1S/C11H17ClN2/c1-8(2)10(12)7-14-11-6-9(3)4-5-13-11/h4-6,8,10H,7H2,1-3H3,(H,13,14). The first kappa shape index (κ1) is 11.3. The molecule has 0 radical (unpaired) electrons. The molecular weight excluding hydrogens is 196 g/mol. The van der Waals surface area contributed by atoms with Gasteiger partial charge in [-0.3, -0.25) is 0 Å². The summed E-state index contributed by atoms with van der Waals surface area (Å²) in [6, 6.07) is 4.00. The fourth-order valence-electron chi connectivity index (χ4n) is 1.07. The molecule has 1 atom stereocenters. The number of halogens is 1. The van der Waals surface area contributed by atoms with Crippen LogP contribution < -0.4 is 5.32 Å². The molecule has 3 heteroatoms. The minimum atomic E-state index is 0.150. The number of hydrogen-bond donors (Lipinski definition) is 1. The van der Waals surface area contributed by atoms with Gasteiger partial charge >= 0.3 is 0 Å². The quantitative estimate of drug-likeness (QED) is 0.776. The normalized spacial score (nSPS) is 12.9. The van der Waals surface area contributed by atoms with Gasteiger partial charge in [0.25, 0.3) is 0 Å². The van der Waals surface area contributed by atoms with Gasteiger partial charge in [-0.05, 0) is 30.5 Å². The first-order valence-corrected chi connectivity index (χ1v) is 5.34. The number of nitrogens with zero attached hydrogens (tertiary/aromatic N) is 1. The summed E-state index contributed by atoms with van der Waals surface area (Å²) in [5.41, 5.74) is 1.21. The van der Waals surface area contributed by atoms with E-state index in [1.165, 1.54) is 5.56 Å². The van der Waals surface area contributed by atoms with Crippen LogP contribution in [0.25, 0.3) is 0 Å². The van der Waals surface area contributed by atoms with Crippen molar-refractivity contribution in [3.8, 4) is 0 Å². The summed E-state index contributed by atoms with van der Waals surface area (Å²) in [5.74, 6) is 1.38. The third kappa shape index (κ3) is 3.54. The SMILES string of the molecule is Cc1ccnc(NCC(Cl)C(C)C)c1. The zero-order chi connectivity index (χ0) is 10.6. The van der Waals surface area contributed by atoms with Crippen LogP contribution in [0.2, 0.25) is 0 Å². The van der Waals surface area contributed by atoms with Gasteiger partial charge < -0.3 is 5.32 Å². The lowest BCUT2D eigenvalue weighted by atomic mass is 10.1. The van der Waals surface area contributed by atoms with Crippen molar-refractivity contribution in [1.82, 2.24) is 4.98 Å². The highest BCUT2D eigenvalue weighted by atomic mass is 35.5. The van der Waals surface area contributed by atoms with E-state index < -0.39 is 0 Å². The van der Waals surface area contributed by atoms with E-state index in [1.54, 1.807) is 6.20 Å². The van der Waals surface area contributed by atoms with E-state index in [2.05, 4.69) is 24.1 Å². The zero-order valence-electron chi connectivity index (χ0n) is 8.92. The highest BCUT2D eigenvalue weighted by Gasteiger charge is 2.08. The molecule has 0 saturated heterocycles. The molecule has 1 N–H and O–H groups in total. The lowest BCUT2D eigenvalue weighted by Crippen LogP contribution is -2.19. The van der Waals surface area contributed by atoms with Gasteiger partial charge in [-0.2, -0.15) is 0 Å². The van der Waals surface area contributed by atoms with Crippen LogP contribution >= 0.6 is 11.6 Å². The summed E-state index contributed by atoms with van der Waals surface area (Å²) in [7, 11) is 0. The predicted octanol–water partition coefficient (Wildman–Crippen LogP) is 3.07. The monoisotopic (exact) mass is 212 g/mol. The number of pyridine rings is 1. The van der Waals surface area contributed by atoms with Gasteiger partial charge in [-0.1, -0.05) is 13.8 Å². The van der Waals surface area contributed by atoms with Crippen molar-refractivity contribution >= 4 is 17.4 Å². The molecule has 0 aromatic carbocycles. The van der Waals surface area contributed by atoms with E-state index in [9.17, 15) is 0 Å². The van der Waals surface area contributed by atoms with Crippen LogP contribution in [-0.2, 0) is 0 Å². The fourth-order valence-corrected chi connectivity index (χ4v) is 1.15. The first-order valence-electron chi connectivity index (χ1n) is 4.90. The van der Waals surface area contributed by atoms with Crippen LogP contribution in [0.3, 0.4) is 0 Å². The van der Waals surface area contributed by atoms with Crippen LogP contribution in [0.15, 0.2) is 18.3 Å². The van der Waals surface area contributed by atoms with Gasteiger partial charge in [-0.15, -0.1) is 11.6 Å². The van der Waals surface area contributed by atoms with Crippen molar-refractivity contribution in [3.63, 3.8) is 0 Å². The highest BCUT2D eigenvalue weighted by Crippen LogP contribution is 2.11. The Kier molecular flexibility index (Phi) is 4.21. The molecule has 0 fully saturated rings. The Bertz CT molecular complexity index is 286. The van der Waals surface area contributed by atoms with Crippen molar-refractivity contribution in [3.05, 3.63) is 23.9 Å². The van der Waals surface area contributed by atoms with E-state index in [1.807, 2.05) is 19.1 Å². The molecule has 2 nitrogen and oxygen atoms in total. The summed E-state index contributed by atoms with van der Waals surface area (Å²) in [4.78, 5) is 4.20. The van der Waals surface area contributed by atoms with Crippen molar-refractivity contribution in [2.45, 2.75) is 26.1 Å². The van der Waals surface area contributed by atoms with E-state index in [-0.39, 0.29) is 5.38 Å². The minimum Gasteiger partial charge on any atom is -0.369 e. The molecule has 0 spiro atoms. The smallest absolute Gasteiger partial charge is 0.126 e. The number of alkyl halides is 1. The molecule has 0 amide bonds. The Morgan fingerprint density at radius 1 is 1.50 bits per heavy atom. The van der Waals surface area contributed by atoms with Gasteiger partial charge in [0.1, 0.15) is 5.82 Å². The number of aryl methyl sites for hydroxylation is 1. The second-order valence-electron chi connectivity index (χ2n) is 3.86. The predicted molar refractivity (Wildman–Crippen MR) is 61.9 cm³/mol. The number of hydrogen-bond acceptors (Lipinski definition) is 2. The van der Waals surface area contributed by atoms with E-state index in [0.29, 0.717) is 5.92 Å². The molecule has 0 saturated carbocycles. The number of anilines is 1. The Labute approximate surface area is 90.7 Å². The van der Waals surface area contributed by atoms with Crippen LogP contribution in [0, 0.1) is 12.8 Å². The maximum Gasteiger partial charge on any atom is 0.126 e. The largest absolute Gasteiger partial charge is 0.369 e. The summed E-state index contributed by atoms with van der Waals surface area (Å²) >= 11 is 6.12. The van der Waals surface area contributed by atoms with E-state index >= 15 is 0 Å². The Balaban J connectivity index is 2.45. The fraction of sp³-hybridized carbons (Fsp3) is 0.545. The molecule has 14 heavy (non-hydrogen) atoms. The van der Waals surface area contributed by atoms with Gasteiger partial charge in [0.15, 0.2) is 0 Å².